The van der Waals surface area contributed by atoms with E-state index in [1.165, 1.54) is 11.0 Å². The van der Waals surface area contributed by atoms with Crippen LogP contribution in [0.4, 0.5) is 0 Å². The minimum Gasteiger partial charge on any atom is -0.0881 e. The van der Waals surface area contributed by atoms with Gasteiger partial charge in [-0.15, -0.1) is 0 Å². The van der Waals surface area contributed by atoms with E-state index < -0.39 is 0 Å². The second-order valence-corrected chi connectivity index (χ2v) is 4.16. The Morgan fingerprint density at radius 3 is 1.83 bits per heavy atom. The fourth-order valence-corrected chi connectivity index (χ4v) is 1.18. The molecule has 0 bridgehead atoms. The van der Waals surface area contributed by atoms with Gasteiger partial charge in [0.1, 0.15) is 7.28 Å². The summed E-state index contributed by atoms with van der Waals surface area (Å²) in [5.41, 5.74) is 2.96. The Hall–Kier alpha value is -0.715. The van der Waals surface area contributed by atoms with E-state index in [1.54, 1.807) is 0 Å². The molecule has 0 aliphatic heterocycles. The molecule has 0 unspecified atom stereocenters. The summed E-state index contributed by atoms with van der Waals surface area (Å²) in [6, 6.07) is 8.74. The Labute approximate surface area is 76.2 Å². The minimum absolute atomic E-state index is 0.270. The fourth-order valence-electron chi connectivity index (χ4n) is 1.18. The maximum absolute atomic E-state index is 2.23. The molecule has 1 aromatic carbocycles. The predicted molar refractivity (Wildman–Crippen MR) is 56.4 cm³/mol. The second-order valence-electron chi connectivity index (χ2n) is 4.16. The molecule has 0 heterocycles. The molecular formula is C11H16B. The highest BCUT2D eigenvalue weighted by atomic mass is 14.2. The van der Waals surface area contributed by atoms with Crippen LogP contribution in [0.25, 0.3) is 0 Å². The average Bonchev–Trinajstić information content (AvgIpc) is 2.03. The molecule has 0 fully saturated rings. The summed E-state index contributed by atoms with van der Waals surface area (Å²) in [7, 11) is 2.12. The summed E-state index contributed by atoms with van der Waals surface area (Å²) in [6.45, 7) is 8.76. The SMILES string of the molecule is C[B]c1ccc(C(C)(C)C)cc1. The Morgan fingerprint density at radius 1 is 1.00 bits per heavy atom. The van der Waals surface area contributed by atoms with E-state index >= 15 is 0 Å². The summed E-state index contributed by atoms with van der Waals surface area (Å²) in [5, 5.41) is 0. The lowest BCUT2D eigenvalue weighted by atomic mass is 9.72. The standard InChI is InChI=1S/C11H16B/c1-11(2,3)9-5-7-10(12-4)8-6-9/h5-8H,1-4H3. The zero-order valence-corrected chi connectivity index (χ0v) is 8.39. The van der Waals surface area contributed by atoms with Gasteiger partial charge < -0.3 is 0 Å². The van der Waals surface area contributed by atoms with Crippen LogP contribution in [0.15, 0.2) is 24.3 Å². The third-order valence-corrected chi connectivity index (χ3v) is 2.11. The van der Waals surface area contributed by atoms with Crippen molar-refractivity contribution in [1.82, 2.24) is 0 Å². The number of rotatable bonds is 1. The molecule has 0 aliphatic carbocycles. The first kappa shape index (κ1) is 9.37. The second kappa shape index (κ2) is 3.34. The maximum Gasteiger partial charge on any atom is 0.148 e. The van der Waals surface area contributed by atoms with Gasteiger partial charge in [0.2, 0.25) is 0 Å². The minimum atomic E-state index is 0.270. The summed E-state index contributed by atoms with van der Waals surface area (Å²) in [4.78, 5) is 0. The van der Waals surface area contributed by atoms with Crippen LogP contribution < -0.4 is 5.46 Å². The third kappa shape index (κ3) is 2.13. The van der Waals surface area contributed by atoms with Crippen molar-refractivity contribution in [3.63, 3.8) is 0 Å². The molecule has 1 heteroatoms. The van der Waals surface area contributed by atoms with Crippen LogP contribution in [0.1, 0.15) is 26.3 Å². The van der Waals surface area contributed by atoms with Crippen LogP contribution in [-0.2, 0) is 5.41 Å². The molecule has 63 valence electrons. The van der Waals surface area contributed by atoms with Crippen molar-refractivity contribution in [3.8, 4) is 0 Å². The molecule has 0 N–H and O–H groups in total. The monoisotopic (exact) mass is 159 g/mol. The number of hydrogen-bond donors (Lipinski definition) is 0. The van der Waals surface area contributed by atoms with Crippen LogP contribution in [0.3, 0.4) is 0 Å². The first-order valence-electron chi connectivity index (χ1n) is 4.44. The van der Waals surface area contributed by atoms with Crippen molar-refractivity contribution in [2.24, 2.45) is 0 Å². The van der Waals surface area contributed by atoms with E-state index in [2.05, 4.69) is 59.1 Å². The zero-order valence-electron chi connectivity index (χ0n) is 8.39. The van der Waals surface area contributed by atoms with Gasteiger partial charge >= 0.3 is 0 Å². The lowest BCUT2D eigenvalue weighted by molar-refractivity contribution is 0.590. The highest BCUT2D eigenvalue weighted by Crippen LogP contribution is 2.20. The van der Waals surface area contributed by atoms with Gasteiger partial charge in [-0.05, 0) is 11.0 Å². The third-order valence-electron chi connectivity index (χ3n) is 2.11. The average molecular weight is 159 g/mol. The van der Waals surface area contributed by atoms with Gasteiger partial charge in [-0.3, -0.25) is 0 Å². The Balaban J connectivity index is 2.93. The molecule has 0 saturated carbocycles. The van der Waals surface area contributed by atoms with Crippen molar-refractivity contribution in [1.29, 1.82) is 0 Å². The van der Waals surface area contributed by atoms with Crippen LogP contribution in [0.5, 0.6) is 0 Å². The fraction of sp³-hybridized carbons (Fsp3) is 0.455. The molecule has 0 nitrogen and oxygen atoms in total. The van der Waals surface area contributed by atoms with Crippen molar-refractivity contribution in [2.75, 3.05) is 0 Å². The normalized spacial score (nSPS) is 11.3. The van der Waals surface area contributed by atoms with Gasteiger partial charge in [0.05, 0.1) is 0 Å². The molecule has 0 spiro atoms. The van der Waals surface area contributed by atoms with E-state index in [-0.39, 0.29) is 5.41 Å². The van der Waals surface area contributed by atoms with Gasteiger partial charge in [0.15, 0.2) is 0 Å². The van der Waals surface area contributed by atoms with Crippen LogP contribution >= 0.6 is 0 Å². The summed E-state index contributed by atoms with van der Waals surface area (Å²) in [5.74, 6) is 0. The summed E-state index contributed by atoms with van der Waals surface area (Å²) < 4.78 is 0. The van der Waals surface area contributed by atoms with Gasteiger partial charge in [-0.1, -0.05) is 57.3 Å². The van der Waals surface area contributed by atoms with Crippen molar-refractivity contribution >= 4 is 12.7 Å². The summed E-state index contributed by atoms with van der Waals surface area (Å²) in [6.07, 6.45) is 0. The first-order chi connectivity index (χ1) is 5.54. The largest absolute Gasteiger partial charge is 0.148 e. The van der Waals surface area contributed by atoms with Gasteiger partial charge in [-0.25, -0.2) is 0 Å². The predicted octanol–water partition coefficient (Wildman–Crippen LogP) is 2.36. The highest BCUT2D eigenvalue weighted by molar-refractivity contribution is 6.51. The van der Waals surface area contributed by atoms with E-state index in [4.69, 9.17) is 0 Å². The van der Waals surface area contributed by atoms with E-state index in [1.807, 2.05) is 0 Å². The quantitative estimate of drug-likeness (QED) is 0.551. The summed E-state index contributed by atoms with van der Waals surface area (Å²) >= 11 is 0. The molecule has 12 heavy (non-hydrogen) atoms. The van der Waals surface area contributed by atoms with Crippen LogP contribution in [-0.4, -0.2) is 7.28 Å². The van der Waals surface area contributed by atoms with E-state index in [0.717, 1.165) is 0 Å². The van der Waals surface area contributed by atoms with Crippen LogP contribution in [0, 0.1) is 0 Å². The van der Waals surface area contributed by atoms with E-state index in [0.29, 0.717) is 0 Å². The van der Waals surface area contributed by atoms with Gasteiger partial charge in [0, 0.05) is 0 Å². The maximum atomic E-state index is 2.23. The van der Waals surface area contributed by atoms with Crippen molar-refractivity contribution in [2.45, 2.75) is 33.0 Å². The van der Waals surface area contributed by atoms with Gasteiger partial charge in [-0.2, -0.15) is 0 Å². The van der Waals surface area contributed by atoms with E-state index in [9.17, 15) is 0 Å². The molecule has 0 amide bonds. The Morgan fingerprint density at radius 2 is 1.50 bits per heavy atom. The molecule has 1 rings (SSSR count). The number of hydrogen-bond acceptors (Lipinski definition) is 0. The van der Waals surface area contributed by atoms with Crippen molar-refractivity contribution in [3.05, 3.63) is 29.8 Å². The van der Waals surface area contributed by atoms with Crippen LogP contribution in [0.2, 0.25) is 6.82 Å². The smallest absolute Gasteiger partial charge is 0.0881 e. The first-order valence-corrected chi connectivity index (χ1v) is 4.44. The molecule has 0 aliphatic rings. The topological polar surface area (TPSA) is 0 Å². The van der Waals surface area contributed by atoms with Gasteiger partial charge in [0.25, 0.3) is 0 Å². The Kier molecular flexibility index (Phi) is 2.61. The lowest BCUT2D eigenvalue weighted by Gasteiger charge is -2.18. The number of benzene rings is 1. The molecule has 1 radical (unpaired) electrons. The molecule has 0 saturated heterocycles. The van der Waals surface area contributed by atoms with Crippen molar-refractivity contribution < 1.29 is 0 Å². The molecule has 1 aromatic rings. The molecule has 0 atom stereocenters. The Bertz CT molecular complexity index is 241. The lowest BCUT2D eigenvalue weighted by Crippen LogP contribution is -2.15. The zero-order chi connectivity index (χ0) is 9.19. The highest BCUT2D eigenvalue weighted by Gasteiger charge is 2.12. The molecule has 0 aromatic heterocycles. The molecular weight excluding hydrogens is 143 g/mol.